The van der Waals surface area contributed by atoms with Crippen molar-refractivity contribution < 1.29 is 14.8 Å². The van der Waals surface area contributed by atoms with Gasteiger partial charge in [-0.3, -0.25) is 19.6 Å². The number of nitrogens with one attached hydrogen (secondary N) is 1. The van der Waals surface area contributed by atoms with Crippen molar-refractivity contribution in [2.45, 2.75) is 65.0 Å². The smallest absolute Gasteiger partial charge is 0.312 e. The minimum atomic E-state index is -0.470. The van der Waals surface area contributed by atoms with E-state index in [2.05, 4.69) is 10.4 Å². The van der Waals surface area contributed by atoms with E-state index < -0.39 is 4.92 Å². The second-order valence-electron chi connectivity index (χ2n) is 6.52. The lowest BCUT2D eigenvalue weighted by molar-refractivity contribution is -0.386. The van der Waals surface area contributed by atoms with Crippen LogP contribution in [0.5, 0.6) is 0 Å². The molecule has 1 fully saturated rings. The van der Waals surface area contributed by atoms with Crippen LogP contribution in [0.3, 0.4) is 0 Å². The quantitative estimate of drug-likeness (QED) is 0.582. The van der Waals surface area contributed by atoms with E-state index in [1.807, 2.05) is 0 Å². The van der Waals surface area contributed by atoms with Gasteiger partial charge in [0.25, 0.3) is 0 Å². The monoisotopic (exact) mass is 338 g/mol. The number of rotatable bonds is 7. The highest BCUT2D eigenvalue weighted by molar-refractivity contribution is 5.76. The van der Waals surface area contributed by atoms with Crippen LogP contribution in [0.2, 0.25) is 0 Å². The summed E-state index contributed by atoms with van der Waals surface area (Å²) in [5.74, 6) is 0.171. The molecule has 2 N–H and O–H groups in total. The van der Waals surface area contributed by atoms with Crippen molar-refractivity contribution in [3.8, 4) is 0 Å². The Hall–Kier alpha value is -1.96. The minimum absolute atomic E-state index is 0.0345. The average molecular weight is 338 g/mol. The SMILES string of the molecule is Cc1nn(CC(=O)NC(CCO)C2CCCCC2)c(C)c1[N+](=O)[O-]. The fourth-order valence-corrected chi connectivity index (χ4v) is 3.60. The van der Waals surface area contributed by atoms with Crippen molar-refractivity contribution in [1.82, 2.24) is 15.1 Å². The van der Waals surface area contributed by atoms with Gasteiger partial charge < -0.3 is 10.4 Å². The summed E-state index contributed by atoms with van der Waals surface area (Å²) in [7, 11) is 0. The van der Waals surface area contributed by atoms with Crippen molar-refractivity contribution >= 4 is 11.6 Å². The zero-order chi connectivity index (χ0) is 17.7. The number of aryl methyl sites for hydroxylation is 1. The van der Waals surface area contributed by atoms with Gasteiger partial charge in [0.2, 0.25) is 5.91 Å². The molecule has 1 unspecified atom stereocenters. The molecular formula is C16H26N4O4. The van der Waals surface area contributed by atoms with Crippen molar-refractivity contribution in [2.24, 2.45) is 5.92 Å². The van der Waals surface area contributed by atoms with Crippen LogP contribution in [-0.4, -0.2) is 38.4 Å². The lowest BCUT2D eigenvalue weighted by atomic mass is 9.82. The van der Waals surface area contributed by atoms with Crippen LogP contribution >= 0.6 is 0 Å². The van der Waals surface area contributed by atoms with E-state index in [1.54, 1.807) is 13.8 Å². The van der Waals surface area contributed by atoms with Crippen LogP contribution in [0.4, 0.5) is 5.69 Å². The lowest BCUT2D eigenvalue weighted by Gasteiger charge is -2.30. The Balaban J connectivity index is 2.03. The van der Waals surface area contributed by atoms with Gasteiger partial charge in [-0.2, -0.15) is 5.10 Å². The standard InChI is InChI=1S/C16H26N4O4/c1-11-16(20(23)24)12(2)19(18-11)10-15(22)17-14(8-9-21)13-6-4-3-5-7-13/h13-14,21H,3-10H2,1-2H3,(H,17,22). The normalized spacial score (nSPS) is 16.8. The third-order valence-corrected chi connectivity index (χ3v) is 4.82. The Morgan fingerprint density at radius 2 is 2.08 bits per heavy atom. The minimum Gasteiger partial charge on any atom is -0.396 e. The van der Waals surface area contributed by atoms with E-state index in [4.69, 9.17) is 0 Å². The van der Waals surface area contributed by atoms with Crippen molar-refractivity contribution in [3.05, 3.63) is 21.5 Å². The molecule has 0 radical (unpaired) electrons. The Morgan fingerprint density at radius 3 is 2.62 bits per heavy atom. The highest BCUT2D eigenvalue weighted by Gasteiger charge is 2.26. The van der Waals surface area contributed by atoms with Gasteiger partial charge in [0.05, 0.1) is 4.92 Å². The zero-order valence-electron chi connectivity index (χ0n) is 14.3. The van der Waals surface area contributed by atoms with Gasteiger partial charge in [0.1, 0.15) is 17.9 Å². The van der Waals surface area contributed by atoms with E-state index in [0.717, 1.165) is 25.7 Å². The van der Waals surface area contributed by atoms with Gasteiger partial charge in [-0.25, -0.2) is 0 Å². The second kappa shape index (κ2) is 8.23. The van der Waals surface area contributed by atoms with Gasteiger partial charge in [0.15, 0.2) is 0 Å². The molecule has 24 heavy (non-hydrogen) atoms. The molecule has 0 spiro atoms. The first kappa shape index (κ1) is 18.4. The second-order valence-corrected chi connectivity index (χ2v) is 6.52. The molecule has 1 saturated carbocycles. The Kier molecular flexibility index (Phi) is 6.30. The van der Waals surface area contributed by atoms with Crippen LogP contribution < -0.4 is 5.32 Å². The predicted molar refractivity (Wildman–Crippen MR) is 88.6 cm³/mol. The van der Waals surface area contributed by atoms with Crippen LogP contribution in [0.1, 0.15) is 49.9 Å². The number of carbonyl (C=O) groups is 1. The summed E-state index contributed by atoms with van der Waals surface area (Å²) in [6.45, 7) is 3.15. The number of hydrogen-bond donors (Lipinski definition) is 2. The molecule has 1 amide bonds. The van der Waals surface area contributed by atoms with E-state index in [9.17, 15) is 20.0 Å². The summed E-state index contributed by atoms with van der Waals surface area (Å²) in [4.78, 5) is 22.9. The topological polar surface area (TPSA) is 110 Å². The maximum atomic E-state index is 12.4. The molecule has 134 valence electrons. The summed E-state index contributed by atoms with van der Waals surface area (Å²) in [6, 6.07) is -0.0465. The lowest BCUT2D eigenvalue weighted by Crippen LogP contribution is -2.43. The number of aliphatic hydroxyl groups is 1. The first-order valence-corrected chi connectivity index (χ1v) is 8.52. The van der Waals surface area contributed by atoms with Crippen LogP contribution in [-0.2, 0) is 11.3 Å². The molecule has 8 nitrogen and oxygen atoms in total. The molecule has 1 heterocycles. The maximum Gasteiger partial charge on any atom is 0.312 e. The van der Waals surface area contributed by atoms with Crippen LogP contribution in [0.15, 0.2) is 0 Å². The number of amides is 1. The molecule has 1 aliphatic carbocycles. The highest BCUT2D eigenvalue weighted by atomic mass is 16.6. The number of nitrogens with zero attached hydrogens (tertiary/aromatic N) is 3. The number of carbonyl (C=O) groups excluding carboxylic acids is 1. The molecule has 1 aromatic rings. The van der Waals surface area contributed by atoms with Gasteiger partial charge in [-0.05, 0) is 39.0 Å². The molecule has 0 aliphatic heterocycles. The summed E-state index contributed by atoms with van der Waals surface area (Å²) < 4.78 is 1.37. The van der Waals surface area contributed by atoms with E-state index in [-0.39, 0.29) is 30.8 Å². The van der Waals surface area contributed by atoms with Crippen LogP contribution in [0.25, 0.3) is 0 Å². The number of nitro groups is 1. The Morgan fingerprint density at radius 1 is 1.42 bits per heavy atom. The Labute approximate surface area is 141 Å². The zero-order valence-corrected chi connectivity index (χ0v) is 14.3. The summed E-state index contributed by atoms with van der Waals surface area (Å²) in [5, 5.41) is 27.4. The number of aliphatic hydroxyl groups excluding tert-OH is 1. The summed E-state index contributed by atoms with van der Waals surface area (Å²) >= 11 is 0. The number of hydrogen-bond acceptors (Lipinski definition) is 5. The molecule has 0 bridgehead atoms. The first-order chi connectivity index (χ1) is 11.4. The third kappa shape index (κ3) is 4.31. The van der Waals surface area contributed by atoms with Crippen LogP contribution in [0, 0.1) is 29.9 Å². The maximum absolute atomic E-state index is 12.4. The predicted octanol–water partition coefficient (Wildman–Crippen LogP) is 1.86. The van der Waals surface area contributed by atoms with Gasteiger partial charge in [-0.15, -0.1) is 0 Å². The van der Waals surface area contributed by atoms with Crippen molar-refractivity contribution in [2.75, 3.05) is 6.61 Å². The average Bonchev–Trinajstić information content (AvgIpc) is 2.81. The summed E-state index contributed by atoms with van der Waals surface area (Å²) in [5.41, 5.74) is 0.649. The summed E-state index contributed by atoms with van der Waals surface area (Å²) in [6.07, 6.45) is 6.21. The molecule has 1 atom stereocenters. The molecule has 1 aliphatic rings. The molecular weight excluding hydrogens is 312 g/mol. The van der Waals surface area contributed by atoms with E-state index in [0.29, 0.717) is 23.7 Å². The fraction of sp³-hybridized carbons (Fsp3) is 0.750. The number of aromatic nitrogens is 2. The first-order valence-electron chi connectivity index (χ1n) is 8.52. The van der Waals surface area contributed by atoms with Gasteiger partial charge in [-0.1, -0.05) is 19.3 Å². The molecule has 8 heteroatoms. The highest BCUT2D eigenvalue weighted by Crippen LogP contribution is 2.28. The molecule has 1 aromatic heterocycles. The fourth-order valence-electron chi connectivity index (χ4n) is 3.60. The van der Waals surface area contributed by atoms with Crippen molar-refractivity contribution in [3.63, 3.8) is 0 Å². The third-order valence-electron chi connectivity index (χ3n) is 4.82. The Bertz CT molecular complexity index is 593. The molecule has 0 aromatic carbocycles. The molecule has 2 rings (SSSR count). The van der Waals surface area contributed by atoms with E-state index >= 15 is 0 Å². The van der Waals surface area contributed by atoms with Gasteiger partial charge >= 0.3 is 5.69 Å². The van der Waals surface area contributed by atoms with Crippen molar-refractivity contribution in [1.29, 1.82) is 0 Å². The van der Waals surface area contributed by atoms with E-state index in [1.165, 1.54) is 11.1 Å². The largest absolute Gasteiger partial charge is 0.396 e. The van der Waals surface area contributed by atoms with Gasteiger partial charge in [0, 0.05) is 12.6 Å². The molecule has 0 saturated heterocycles.